The molecule has 0 unspecified atom stereocenters. The van der Waals surface area contributed by atoms with Crippen LogP contribution in [0.2, 0.25) is 9.49 Å². The average Bonchev–Trinajstić information content (AvgIpc) is 2.63. The topological polar surface area (TPSA) is 24.9 Å². The average molecular weight is 291 g/mol. The summed E-state index contributed by atoms with van der Waals surface area (Å²) in [7, 11) is 0. The third-order valence-corrected chi connectivity index (χ3v) is 3.66. The fourth-order valence-corrected chi connectivity index (χ4v) is 2.66. The third kappa shape index (κ3) is 3.04. The van der Waals surface area contributed by atoms with Crippen molar-refractivity contribution >= 4 is 52.9 Å². The lowest BCUT2D eigenvalue weighted by Crippen LogP contribution is -1.98. The van der Waals surface area contributed by atoms with Crippen molar-refractivity contribution in [1.29, 1.82) is 0 Å². The van der Waals surface area contributed by atoms with Crippen LogP contribution in [0.25, 0.3) is 0 Å². The summed E-state index contributed by atoms with van der Waals surface area (Å²) in [5, 5.41) is 3.92. The smallest absolute Gasteiger partial charge is 0.183 e. The second-order valence-electron chi connectivity index (χ2n) is 3.09. The predicted molar refractivity (Wildman–Crippen MR) is 73.2 cm³/mol. The summed E-state index contributed by atoms with van der Waals surface area (Å²) < 4.78 is 0.555. The Morgan fingerprint density at radius 2 is 2.19 bits per heavy atom. The fraction of sp³-hybridized carbons (Fsp3) is 0.100. The molecule has 0 spiro atoms. The van der Waals surface area contributed by atoms with Gasteiger partial charge in [0.05, 0.1) is 6.54 Å². The Balaban J connectivity index is 2.04. The highest BCUT2D eigenvalue weighted by molar-refractivity contribution is 7.80. The van der Waals surface area contributed by atoms with Crippen molar-refractivity contribution in [3.63, 3.8) is 0 Å². The summed E-state index contributed by atoms with van der Waals surface area (Å²) in [6, 6.07) is 5.52. The van der Waals surface area contributed by atoms with Crippen LogP contribution in [-0.2, 0) is 6.54 Å². The molecule has 0 aliphatic heterocycles. The number of aromatic nitrogens is 1. The fourth-order valence-electron chi connectivity index (χ4n) is 1.20. The van der Waals surface area contributed by atoms with Gasteiger partial charge in [-0.3, -0.25) is 0 Å². The molecule has 1 aromatic heterocycles. The maximum Gasteiger partial charge on any atom is 0.183 e. The summed E-state index contributed by atoms with van der Waals surface area (Å²) in [5.41, 5.74) is 0.942. The van der Waals surface area contributed by atoms with E-state index < -0.39 is 0 Å². The molecule has 0 saturated heterocycles. The Kier molecular flexibility index (Phi) is 3.97. The Bertz CT molecular complexity index is 499. The van der Waals surface area contributed by atoms with Gasteiger partial charge in [-0.25, -0.2) is 4.98 Å². The van der Waals surface area contributed by atoms with E-state index in [9.17, 15) is 0 Å². The third-order valence-electron chi connectivity index (χ3n) is 1.94. The van der Waals surface area contributed by atoms with Gasteiger partial charge >= 0.3 is 0 Å². The van der Waals surface area contributed by atoms with E-state index in [0.29, 0.717) is 16.0 Å². The van der Waals surface area contributed by atoms with Gasteiger partial charge in [0.2, 0.25) is 0 Å². The Labute approximate surface area is 113 Å². The number of thiazole rings is 1. The summed E-state index contributed by atoms with van der Waals surface area (Å²) in [4.78, 5) is 5.87. The van der Waals surface area contributed by atoms with Gasteiger partial charge in [-0.1, -0.05) is 23.2 Å². The zero-order chi connectivity index (χ0) is 11.5. The molecule has 2 aromatic rings. The maximum atomic E-state index is 5.84. The lowest BCUT2D eigenvalue weighted by Gasteiger charge is -2.07. The Morgan fingerprint density at radius 3 is 2.81 bits per heavy atom. The van der Waals surface area contributed by atoms with Crippen LogP contribution < -0.4 is 5.32 Å². The van der Waals surface area contributed by atoms with Crippen LogP contribution in [0.15, 0.2) is 29.3 Å². The molecule has 1 N–H and O–H groups in total. The van der Waals surface area contributed by atoms with Gasteiger partial charge in [-0.2, -0.15) is 0 Å². The quantitative estimate of drug-likeness (QED) is 0.822. The molecular formula is C10H8Cl2N2S2. The lowest BCUT2D eigenvalue weighted by molar-refractivity contribution is 1.16. The molecule has 2 rings (SSSR count). The van der Waals surface area contributed by atoms with Crippen molar-refractivity contribution in [2.24, 2.45) is 0 Å². The van der Waals surface area contributed by atoms with Crippen molar-refractivity contribution in [2.45, 2.75) is 11.4 Å². The number of anilines is 1. The molecular weight excluding hydrogens is 283 g/mol. The second kappa shape index (κ2) is 5.27. The van der Waals surface area contributed by atoms with E-state index in [1.165, 1.54) is 11.3 Å². The standard InChI is InChI=1S/C10H8Cl2N2S2/c11-6-1-2-8(9(15)3-6)13-4-7-5-14-10(12)16-7/h1-3,5,13,15H,4H2. The van der Waals surface area contributed by atoms with Crippen LogP contribution >= 0.6 is 47.2 Å². The van der Waals surface area contributed by atoms with Crippen LogP contribution in [0.1, 0.15) is 4.88 Å². The number of hydrogen-bond donors (Lipinski definition) is 2. The second-order valence-corrected chi connectivity index (χ2v) is 5.71. The highest BCUT2D eigenvalue weighted by atomic mass is 35.5. The highest BCUT2D eigenvalue weighted by Crippen LogP contribution is 2.25. The van der Waals surface area contributed by atoms with Gasteiger partial charge in [-0.15, -0.1) is 24.0 Å². The summed E-state index contributed by atoms with van der Waals surface area (Å²) in [6.07, 6.45) is 1.76. The predicted octanol–water partition coefficient (Wildman–Crippen LogP) is 4.35. The number of thiol groups is 1. The van der Waals surface area contributed by atoms with E-state index >= 15 is 0 Å². The molecule has 16 heavy (non-hydrogen) atoms. The van der Waals surface area contributed by atoms with Crippen molar-refractivity contribution in [3.05, 3.63) is 38.8 Å². The Morgan fingerprint density at radius 1 is 1.38 bits per heavy atom. The van der Waals surface area contributed by atoms with Crippen LogP contribution in [0.4, 0.5) is 5.69 Å². The molecule has 0 fully saturated rings. The molecule has 0 saturated carbocycles. The minimum absolute atomic E-state index is 0.555. The van der Waals surface area contributed by atoms with Gasteiger partial charge in [0.25, 0.3) is 0 Å². The molecule has 0 radical (unpaired) electrons. The molecule has 0 atom stereocenters. The molecule has 0 aliphatic rings. The molecule has 2 nitrogen and oxygen atoms in total. The van der Waals surface area contributed by atoms with E-state index in [4.69, 9.17) is 23.2 Å². The summed E-state index contributed by atoms with van der Waals surface area (Å²) >= 11 is 17.4. The van der Waals surface area contributed by atoms with E-state index in [2.05, 4.69) is 22.9 Å². The van der Waals surface area contributed by atoms with Gasteiger partial charge in [0.15, 0.2) is 4.47 Å². The lowest BCUT2D eigenvalue weighted by atomic mass is 10.3. The van der Waals surface area contributed by atoms with Gasteiger partial charge in [-0.05, 0) is 18.2 Å². The minimum atomic E-state index is 0.555. The van der Waals surface area contributed by atoms with E-state index in [1.54, 1.807) is 12.3 Å². The van der Waals surface area contributed by atoms with E-state index in [0.717, 1.165) is 15.5 Å². The molecule has 84 valence electrons. The van der Waals surface area contributed by atoms with E-state index in [1.807, 2.05) is 12.1 Å². The normalized spacial score (nSPS) is 10.4. The molecule has 0 aliphatic carbocycles. The SMILES string of the molecule is Sc1cc(Cl)ccc1NCc1cnc(Cl)s1. The first-order chi connectivity index (χ1) is 7.65. The molecule has 1 heterocycles. The number of nitrogens with zero attached hydrogens (tertiary/aromatic N) is 1. The zero-order valence-electron chi connectivity index (χ0n) is 8.08. The minimum Gasteiger partial charge on any atom is -0.379 e. The van der Waals surface area contributed by atoms with Gasteiger partial charge in [0, 0.05) is 26.7 Å². The van der Waals surface area contributed by atoms with Crippen molar-refractivity contribution in [2.75, 3.05) is 5.32 Å². The Hall–Kier alpha value is -0.420. The number of benzene rings is 1. The monoisotopic (exact) mass is 290 g/mol. The molecule has 6 heteroatoms. The van der Waals surface area contributed by atoms with Gasteiger partial charge < -0.3 is 5.32 Å². The van der Waals surface area contributed by atoms with Crippen molar-refractivity contribution in [3.8, 4) is 0 Å². The maximum absolute atomic E-state index is 5.84. The van der Waals surface area contributed by atoms with Crippen LogP contribution in [-0.4, -0.2) is 4.98 Å². The number of halogens is 2. The first-order valence-electron chi connectivity index (χ1n) is 4.48. The summed E-state index contributed by atoms with van der Waals surface area (Å²) in [5.74, 6) is 0. The zero-order valence-corrected chi connectivity index (χ0v) is 11.3. The molecule has 0 amide bonds. The van der Waals surface area contributed by atoms with Crippen molar-refractivity contribution in [1.82, 2.24) is 4.98 Å². The first-order valence-corrected chi connectivity index (χ1v) is 6.50. The molecule has 1 aromatic carbocycles. The van der Waals surface area contributed by atoms with Crippen LogP contribution in [0.3, 0.4) is 0 Å². The van der Waals surface area contributed by atoms with E-state index in [-0.39, 0.29) is 0 Å². The molecule has 0 bridgehead atoms. The van der Waals surface area contributed by atoms with Gasteiger partial charge in [0.1, 0.15) is 0 Å². The highest BCUT2D eigenvalue weighted by Gasteiger charge is 2.02. The first kappa shape index (κ1) is 12.0. The number of nitrogens with one attached hydrogen (secondary N) is 1. The van der Waals surface area contributed by atoms with Crippen LogP contribution in [0, 0.1) is 0 Å². The number of hydrogen-bond acceptors (Lipinski definition) is 4. The van der Waals surface area contributed by atoms with Crippen molar-refractivity contribution < 1.29 is 0 Å². The summed E-state index contributed by atoms with van der Waals surface area (Å²) in [6.45, 7) is 0.680. The number of rotatable bonds is 3. The van der Waals surface area contributed by atoms with Crippen LogP contribution in [0.5, 0.6) is 0 Å². The largest absolute Gasteiger partial charge is 0.379 e.